The van der Waals surface area contributed by atoms with Crippen molar-refractivity contribution >= 4 is 5.78 Å². The van der Waals surface area contributed by atoms with Gasteiger partial charge in [0.05, 0.1) is 24.2 Å². The van der Waals surface area contributed by atoms with Crippen LogP contribution in [0.4, 0.5) is 0 Å². The molecule has 0 saturated heterocycles. The Hall–Kier alpha value is -1.32. The number of hydrogen-bond donors (Lipinski definition) is 0. The van der Waals surface area contributed by atoms with E-state index in [2.05, 4.69) is 5.10 Å². The van der Waals surface area contributed by atoms with E-state index in [9.17, 15) is 4.79 Å². The maximum absolute atomic E-state index is 12.0. The summed E-state index contributed by atoms with van der Waals surface area (Å²) in [6, 6.07) is 0.417. The molecular formula is C13H18N2O2. The predicted octanol–water partition coefficient (Wildman–Crippen LogP) is 2.74. The molecule has 4 nitrogen and oxygen atoms in total. The molecule has 1 aromatic heterocycles. The molecule has 0 radical (unpaired) electrons. The van der Waals surface area contributed by atoms with Gasteiger partial charge in [-0.15, -0.1) is 0 Å². The third kappa shape index (κ3) is 1.75. The number of nitrogens with zero attached hydrogens (tertiary/aromatic N) is 2. The summed E-state index contributed by atoms with van der Waals surface area (Å²) < 4.78 is 7.88. The normalized spacial score (nSPS) is 23.5. The minimum Gasteiger partial charge on any atom is -0.471 e. The molecule has 0 aromatic carbocycles. The van der Waals surface area contributed by atoms with Crippen molar-refractivity contribution in [1.82, 2.24) is 9.78 Å². The average Bonchev–Trinajstić information content (AvgIpc) is 2.82. The van der Waals surface area contributed by atoms with Crippen LogP contribution in [0.15, 0.2) is 6.20 Å². The number of ether oxygens (including phenoxy) is 1. The SMILES string of the molecule is CC1(C)CC(=O)c2cnn(C3CCCC3)c2O1. The van der Waals surface area contributed by atoms with Crippen molar-refractivity contribution in [2.75, 3.05) is 0 Å². The monoisotopic (exact) mass is 234 g/mol. The first-order valence-corrected chi connectivity index (χ1v) is 6.36. The third-order valence-corrected chi connectivity index (χ3v) is 3.68. The van der Waals surface area contributed by atoms with Gasteiger partial charge >= 0.3 is 0 Å². The van der Waals surface area contributed by atoms with Gasteiger partial charge in [-0.3, -0.25) is 4.79 Å². The molecule has 1 fully saturated rings. The van der Waals surface area contributed by atoms with Gasteiger partial charge in [0.25, 0.3) is 0 Å². The van der Waals surface area contributed by atoms with E-state index in [1.807, 2.05) is 18.5 Å². The van der Waals surface area contributed by atoms with Gasteiger partial charge in [-0.05, 0) is 26.7 Å². The van der Waals surface area contributed by atoms with Gasteiger partial charge in [0.1, 0.15) is 5.60 Å². The zero-order chi connectivity index (χ0) is 12.0. The number of Topliss-reactive ketones (excluding diaryl/α,β-unsaturated/α-hetero) is 1. The number of aromatic nitrogens is 2. The maximum atomic E-state index is 12.0. The van der Waals surface area contributed by atoms with E-state index in [1.54, 1.807) is 6.20 Å². The zero-order valence-corrected chi connectivity index (χ0v) is 10.4. The molecule has 92 valence electrons. The molecule has 2 aliphatic rings. The highest BCUT2D eigenvalue weighted by Crippen LogP contribution is 2.38. The van der Waals surface area contributed by atoms with Gasteiger partial charge in [0, 0.05) is 0 Å². The summed E-state index contributed by atoms with van der Waals surface area (Å²) in [5.41, 5.74) is 0.261. The molecule has 1 aliphatic heterocycles. The first-order chi connectivity index (χ1) is 8.07. The summed E-state index contributed by atoms with van der Waals surface area (Å²) in [4.78, 5) is 12.0. The van der Waals surface area contributed by atoms with Crippen molar-refractivity contribution in [3.05, 3.63) is 11.8 Å². The van der Waals surface area contributed by atoms with Crippen molar-refractivity contribution in [3.63, 3.8) is 0 Å². The number of fused-ring (bicyclic) bond motifs is 1. The Bertz CT molecular complexity index is 456. The molecule has 0 spiro atoms. The standard InChI is InChI=1S/C13H18N2O2/c1-13(2)7-11(16)10-8-14-15(12(10)17-13)9-5-3-4-6-9/h8-9H,3-7H2,1-2H3. The molecule has 0 bridgehead atoms. The molecule has 0 unspecified atom stereocenters. The molecule has 0 N–H and O–H groups in total. The second-order valence-corrected chi connectivity index (χ2v) is 5.71. The van der Waals surface area contributed by atoms with Crippen LogP contribution in [0.1, 0.15) is 62.4 Å². The Morgan fingerprint density at radius 1 is 1.41 bits per heavy atom. The van der Waals surface area contributed by atoms with E-state index in [0.717, 1.165) is 12.8 Å². The Balaban J connectivity index is 2.01. The fourth-order valence-corrected chi connectivity index (χ4v) is 2.83. The van der Waals surface area contributed by atoms with Crippen LogP contribution in [0.25, 0.3) is 0 Å². The van der Waals surface area contributed by atoms with E-state index < -0.39 is 5.60 Å². The number of ketones is 1. The van der Waals surface area contributed by atoms with E-state index in [-0.39, 0.29) is 5.78 Å². The van der Waals surface area contributed by atoms with Gasteiger partial charge < -0.3 is 4.74 Å². The lowest BCUT2D eigenvalue weighted by Crippen LogP contribution is -2.36. The molecule has 0 amide bonds. The highest BCUT2D eigenvalue weighted by Gasteiger charge is 2.37. The molecule has 17 heavy (non-hydrogen) atoms. The second-order valence-electron chi connectivity index (χ2n) is 5.71. The number of hydrogen-bond acceptors (Lipinski definition) is 3. The van der Waals surface area contributed by atoms with E-state index in [0.29, 0.717) is 23.9 Å². The second kappa shape index (κ2) is 3.59. The molecule has 2 heterocycles. The zero-order valence-electron chi connectivity index (χ0n) is 10.4. The topological polar surface area (TPSA) is 44.1 Å². The lowest BCUT2D eigenvalue weighted by atomic mass is 9.96. The minimum absolute atomic E-state index is 0.153. The Kier molecular flexibility index (Phi) is 2.28. The summed E-state index contributed by atoms with van der Waals surface area (Å²) in [5, 5.41) is 4.37. The highest BCUT2D eigenvalue weighted by atomic mass is 16.5. The molecule has 3 rings (SSSR count). The fraction of sp³-hybridized carbons (Fsp3) is 0.692. The van der Waals surface area contributed by atoms with Crippen LogP contribution >= 0.6 is 0 Å². The van der Waals surface area contributed by atoms with Crippen molar-refractivity contribution in [2.45, 2.75) is 57.6 Å². The maximum Gasteiger partial charge on any atom is 0.223 e. The van der Waals surface area contributed by atoms with Gasteiger partial charge in [-0.1, -0.05) is 12.8 Å². The van der Waals surface area contributed by atoms with E-state index >= 15 is 0 Å². The molecular weight excluding hydrogens is 216 g/mol. The van der Waals surface area contributed by atoms with Gasteiger partial charge in [-0.25, -0.2) is 4.68 Å². The van der Waals surface area contributed by atoms with E-state index in [1.165, 1.54) is 12.8 Å². The molecule has 1 aliphatic carbocycles. The molecule has 1 saturated carbocycles. The number of carbonyl (C=O) groups excluding carboxylic acids is 1. The van der Waals surface area contributed by atoms with Crippen molar-refractivity contribution in [2.24, 2.45) is 0 Å². The van der Waals surface area contributed by atoms with Crippen LogP contribution in [-0.4, -0.2) is 21.2 Å². The Morgan fingerprint density at radius 3 is 2.82 bits per heavy atom. The number of rotatable bonds is 1. The lowest BCUT2D eigenvalue weighted by Gasteiger charge is -2.31. The summed E-state index contributed by atoms with van der Waals surface area (Å²) in [6.07, 6.45) is 6.90. The smallest absolute Gasteiger partial charge is 0.223 e. The van der Waals surface area contributed by atoms with Crippen LogP contribution < -0.4 is 4.74 Å². The Morgan fingerprint density at radius 2 is 2.12 bits per heavy atom. The molecule has 0 atom stereocenters. The first kappa shape index (κ1) is 10.8. The predicted molar refractivity (Wildman–Crippen MR) is 63.4 cm³/mol. The quantitative estimate of drug-likeness (QED) is 0.750. The van der Waals surface area contributed by atoms with Crippen molar-refractivity contribution in [1.29, 1.82) is 0 Å². The highest BCUT2D eigenvalue weighted by molar-refractivity contribution is 5.99. The van der Waals surface area contributed by atoms with Gasteiger partial charge in [-0.2, -0.15) is 5.10 Å². The summed E-state index contributed by atoms with van der Waals surface area (Å²) >= 11 is 0. The average molecular weight is 234 g/mol. The fourth-order valence-electron chi connectivity index (χ4n) is 2.83. The van der Waals surface area contributed by atoms with E-state index in [4.69, 9.17) is 4.74 Å². The number of carbonyl (C=O) groups is 1. The van der Waals surface area contributed by atoms with Crippen LogP contribution in [0.5, 0.6) is 5.88 Å². The Labute approximate surface area is 101 Å². The van der Waals surface area contributed by atoms with Crippen molar-refractivity contribution < 1.29 is 9.53 Å². The van der Waals surface area contributed by atoms with Crippen LogP contribution in [0, 0.1) is 0 Å². The minimum atomic E-state index is -0.402. The third-order valence-electron chi connectivity index (χ3n) is 3.68. The molecule has 1 aromatic rings. The van der Waals surface area contributed by atoms with Crippen LogP contribution in [0.3, 0.4) is 0 Å². The largest absolute Gasteiger partial charge is 0.471 e. The lowest BCUT2D eigenvalue weighted by molar-refractivity contribution is 0.0549. The van der Waals surface area contributed by atoms with Crippen molar-refractivity contribution in [3.8, 4) is 5.88 Å². The first-order valence-electron chi connectivity index (χ1n) is 6.36. The summed E-state index contributed by atoms with van der Waals surface area (Å²) in [7, 11) is 0. The van der Waals surface area contributed by atoms with Crippen LogP contribution in [-0.2, 0) is 0 Å². The van der Waals surface area contributed by atoms with Gasteiger partial charge in [0.15, 0.2) is 5.78 Å². The molecule has 4 heteroatoms. The van der Waals surface area contributed by atoms with Crippen LogP contribution in [0.2, 0.25) is 0 Å². The summed E-state index contributed by atoms with van der Waals surface area (Å²) in [6.45, 7) is 3.92. The summed E-state index contributed by atoms with van der Waals surface area (Å²) in [5.74, 6) is 0.846. The van der Waals surface area contributed by atoms with Gasteiger partial charge in [0.2, 0.25) is 5.88 Å².